The standard InChI is InChI=1S/C15H16N2O7S/c16-25(21,22)14-7-3-11(4-8-14)9-23-15(18)13-5-1-12(2-6-13)10-24-17(19)20/h1-8,19-20H,9-10H2,(H2,16,21,22). The molecule has 2 rings (SSSR count). The van der Waals surface area contributed by atoms with Gasteiger partial charge in [0.1, 0.15) is 6.61 Å². The predicted octanol–water partition coefficient (Wildman–Crippen LogP) is 1.20. The van der Waals surface area contributed by atoms with Gasteiger partial charge in [-0.3, -0.25) is 10.4 Å². The van der Waals surface area contributed by atoms with Gasteiger partial charge in [-0.2, -0.15) is 0 Å². The van der Waals surface area contributed by atoms with Gasteiger partial charge < -0.3 is 4.74 Å². The molecule has 0 fully saturated rings. The van der Waals surface area contributed by atoms with Crippen LogP contribution in [0.2, 0.25) is 0 Å². The molecule has 0 aliphatic carbocycles. The third-order valence-corrected chi connectivity index (χ3v) is 4.09. The Morgan fingerprint density at radius 3 is 2.00 bits per heavy atom. The van der Waals surface area contributed by atoms with E-state index in [0.717, 1.165) is 0 Å². The van der Waals surface area contributed by atoms with Crippen LogP contribution >= 0.6 is 0 Å². The van der Waals surface area contributed by atoms with E-state index in [1.54, 1.807) is 12.1 Å². The van der Waals surface area contributed by atoms with Gasteiger partial charge in [-0.15, -0.1) is 0 Å². The minimum absolute atomic E-state index is 0.0234. The Kier molecular flexibility index (Phi) is 6.20. The summed E-state index contributed by atoms with van der Waals surface area (Å²) in [5.74, 6) is -0.561. The highest BCUT2D eigenvalue weighted by Gasteiger charge is 2.10. The second kappa shape index (κ2) is 8.16. The van der Waals surface area contributed by atoms with E-state index in [1.807, 2.05) is 0 Å². The molecule has 0 unspecified atom stereocenters. The minimum Gasteiger partial charge on any atom is -0.457 e. The first kappa shape index (κ1) is 19.0. The second-order valence-corrected chi connectivity index (χ2v) is 6.55. The second-order valence-electron chi connectivity index (χ2n) is 4.99. The first-order valence-electron chi connectivity index (χ1n) is 6.94. The molecule has 0 spiro atoms. The third kappa shape index (κ3) is 5.90. The lowest BCUT2D eigenvalue weighted by Gasteiger charge is -2.08. The lowest BCUT2D eigenvalue weighted by Crippen LogP contribution is -2.14. The van der Waals surface area contributed by atoms with E-state index in [9.17, 15) is 13.2 Å². The maximum absolute atomic E-state index is 12.0. The molecule has 0 bridgehead atoms. The zero-order chi connectivity index (χ0) is 18.4. The van der Waals surface area contributed by atoms with E-state index in [1.165, 1.54) is 36.4 Å². The van der Waals surface area contributed by atoms with E-state index in [-0.39, 0.29) is 18.1 Å². The van der Waals surface area contributed by atoms with Crippen molar-refractivity contribution in [3.8, 4) is 0 Å². The summed E-state index contributed by atoms with van der Waals surface area (Å²) in [5, 5.41) is 21.5. The van der Waals surface area contributed by atoms with E-state index >= 15 is 0 Å². The van der Waals surface area contributed by atoms with Gasteiger partial charge in [0, 0.05) is 0 Å². The van der Waals surface area contributed by atoms with Crippen LogP contribution in [0.3, 0.4) is 0 Å². The van der Waals surface area contributed by atoms with Crippen LogP contribution in [0.25, 0.3) is 0 Å². The van der Waals surface area contributed by atoms with Crippen LogP contribution in [-0.2, 0) is 32.8 Å². The Balaban J connectivity index is 1.91. The summed E-state index contributed by atoms with van der Waals surface area (Å²) in [7, 11) is -3.76. The average molecular weight is 368 g/mol. The fourth-order valence-corrected chi connectivity index (χ4v) is 2.39. The summed E-state index contributed by atoms with van der Waals surface area (Å²) in [6.07, 6.45) is 0. The molecule has 0 aromatic heterocycles. The summed E-state index contributed by atoms with van der Waals surface area (Å²) in [6, 6.07) is 11.8. The number of nitrogens with zero attached hydrogens (tertiary/aromatic N) is 1. The zero-order valence-corrected chi connectivity index (χ0v) is 13.7. The highest BCUT2D eigenvalue weighted by atomic mass is 32.2. The van der Waals surface area contributed by atoms with Gasteiger partial charge in [-0.25, -0.2) is 23.2 Å². The Morgan fingerprint density at radius 1 is 0.960 bits per heavy atom. The molecule has 134 valence electrons. The first-order chi connectivity index (χ1) is 11.8. The van der Waals surface area contributed by atoms with Crippen molar-refractivity contribution in [1.82, 2.24) is 5.39 Å². The molecule has 0 radical (unpaired) electrons. The van der Waals surface area contributed by atoms with E-state index in [2.05, 4.69) is 4.84 Å². The van der Waals surface area contributed by atoms with Crippen molar-refractivity contribution >= 4 is 16.0 Å². The number of carbonyl (C=O) groups excluding carboxylic acids is 1. The molecule has 2 aromatic carbocycles. The van der Waals surface area contributed by atoms with Crippen LogP contribution < -0.4 is 5.14 Å². The third-order valence-electron chi connectivity index (χ3n) is 3.16. The molecule has 0 aliphatic rings. The van der Waals surface area contributed by atoms with E-state index in [0.29, 0.717) is 16.7 Å². The SMILES string of the molecule is NS(=O)(=O)c1ccc(COC(=O)c2ccc(CON(O)O)cc2)cc1. The molecule has 9 nitrogen and oxygen atoms in total. The van der Waals surface area contributed by atoms with Crippen LogP contribution in [0.5, 0.6) is 0 Å². The van der Waals surface area contributed by atoms with Crippen molar-refractivity contribution in [3.63, 3.8) is 0 Å². The maximum atomic E-state index is 12.0. The maximum Gasteiger partial charge on any atom is 0.338 e. The lowest BCUT2D eigenvalue weighted by atomic mass is 10.1. The van der Waals surface area contributed by atoms with Crippen LogP contribution in [0, 0.1) is 0 Å². The average Bonchev–Trinajstić information content (AvgIpc) is 2.58. The number of hydrogen-bond acceptors (Lipinski definition) is 8. The fourth-order valence-electron chi connectivity index (χ4n) is 1.88. The molecule has 2 aromatic rings. The minimum atomic E-state index is -3.76. The number of rotatable bonds is 7. The number of benzene rings is 2. The van der Waals surface area contributed by atoms with E-state index in [4.69, 9.17) is 20.3 Å². The summed E-state index contributed by atoms with van der Waals surface area (Å²) >= 11 is 0. The van der Waals surface area contributed by atoms with Gasteiger partial charge in [0.15, 0.2) is 0 Å². The van der Waals surface area contributed by atoms with Gasteiger partial charge in [0.2, 0.25) is 10.0 Å². The van der Waals surface area contributed by atoms with Gasteiger partial charge in [-0.1, -0.05) is 24.3 Å². The summed E-state index contributed by atoms with van der Waals surface area (Å²) in [6.45, 7) is -0.114. The molecule has 10 heteroatoms. The molecule has 0 saturated heterocycles. The summed E-state index contributed by atoms with van der Waals surface area (Å²) in [4.78, 5) is 16.4. The molecule has 4 N–H and O–H groups in total. The summed E-state index contributed by atoms with van der Waals surface area (Å²) < 4.78 is 27.5. The van der Waals surface area contributed by atoms with Gasteiger partial charge >= 0.3 is 5.97 Å². The molecule has 0 amide bonds. The molecule has 0 aliphatic heterocycles. The Labute approximate surface area is 143 Å². The number of carbonyl (C=O) groups is 1. The van der Waals surface area contributed by atoms with Crippen LogP contribution in [0.15, 0.2) is 53.4 Å². The predicted molar refractivity (Wildman–Crippen MR) is 83.6 cm³/mol. The molecule has 0 heterocycles. The number of ether oxygens (including phenoxy) is 1. The molecule has 0 atom stereocenters. The highest BCUT2D eigenvalue weighted by Crippen LogP contribution is 2.12. The number of nitrogens with two attached hydrogens (primary N) is 1. The first-order valence-corrected chi connectivity index (χ1v) is 8.49. The van der Waals surface area contributed by atoms with Crippen LogP contribution in [-0.4, -0.2) is 30.2 Å². The fraction of sp³-hybridized carbons (Fsp3) is 0.133. The van der Waals surface area contributed by atoms with Gasteiger partial charge in [0.25, 0.3) is 0 Å². The topological polar surface area (TPSA) is 139 Å². The van der Waals surface area contributed by atoms with Crippen molar-refractivity contribution in [2.24, 2.45) is 5.14 Å². The number of esters is 1. The van der Waals surface area contributed by atoms with Crippen molar-refractivity contribution < 1.29 is 33.2 Å². The Hall–Kier alpha value is -2.34. The summed E-state index contributed by atoms with van der Waals surface area (Å²) in [5.41, 5.74) is 1.52. The van der Waals surface area contributed by atoms with Crippen molar-refractivity contribution in [2.75, 3.05) is 0 Å². The van der Waals surface area contributed by atoms with Gasteiger partial charge in [-0.05, 0) is 35.4 Å². The normalized spacial score (nSPS) is 11.5. The lowest BCUT2D eigenvalue weighted by molar-refractivity contribution is -0.497. The number of primary sulfonamides is 1. The molecule has 0 saturated carbocycles. The van der Waals surface area contributed by atoms with E-state index < -0.39 is 21.4 Å². The highest BCUT2D eigenvalue weighted by molar-refractivity contribution is 7.89. The quantitative estimate of drug-likeness (QED) is 0.489. The van der Waals surface area contributed by atoms with Crippen molar-refractivity contribution in [2.45, 2.75) is 18.1 Å². The largest absolute Gasteiger partial charge is 0.457 e. The van der Waals surface area contributed by atoms with Crippen LogP contribution in [0.4, 0.5) is 0 Å². The number of sulfonamides is 1. The monoisotopic (exact) mass is 368 g/mol. The zero-order valence-electron chi connectivity index (χ0n) is 12.9. The smallest absolute Gasteiger partial charge is 0.338 e. The van der Waals surface area contributed by atoms with Crippen LogP contribution in [0.1, 0.15) is 21.5 Å². The van der Waals surface area contributed by atoms with Crippen molar-refractivity contribution in [1.29, 1.82) is 0 Å². The molecule has 25 heavy (non-hydrogen) atoms. The van der Waals surface area contributed by atoms with Gasteiger partial charge in [0.05, 0.1) is 22.5 Å². The van der Waals surface area contributed by atoms with Crippen molar-refractivity contribution in [3.05, 3.63) is 65.2 Å². The Morgan fingerprint density at radius 2 is 1.48 bits per heavy atom. The molecular weight excluding hydrogens is 352 g/mol. The number of hydrogen-bond donors (Lipinski definition) is 3. The Bertz CT molecular complexity index is 818. The molecular formula is C15H16N2O7S.